The van der Waals surface area contributed by atoms with E-state index in [4.69, 9.17) is 0 Å². The van der Waals surface area contributed by atoms with Crippen molar-refractivity contribution in [3.63, 3.8) is 0 Å². The molecule has 3 rings (SSSR count). The molecule has 1 N–H and O–H groups in total. The number of hydrogen-bond acceptors (Lipinski definition) is 2. The third-order valence-corrected chi connectivity index (χ3v) is 5.25. The molecule has 0 unspecified atom stereocenters. The van der Waals surface area contributed by atoms with E-state index in [0.29, 0.717) is 17.8 Å². The Bertz CT molecular complexity index is 608. The monoisotopic (exact) mass is 284 g/mol. The largest absolute Gasteiger partial charge is 0.511 e. The van der Waals surface area contributed by atoms with Gasteiger partial charge in [-0.15, -0.1) is 0 Å². The second-order valence-electron chi connectivity index (χ2n) is 6.94. The van der Waals surface area contributed by atoms with E-state index in [-0.39, 0.29) is 11.2 Å². The first-order chi connectivity index (χ1) is 9.94. The summed E-state index contributed by atoms with van der Waals surface area (Å²) >= 11 is 0. The molecule has 1 aromatic carbocycles. The van der Waals surface area contributed by atoms with Gasteiger partial charge in [0.1, 0.15) is 5.76 Å². The first-order valence-electron chi connectivity index (χ1n) is 8.00. The normalized spacial score (nSPS) is 21.4. The third kappa shape index (κ3) is 2.21. The predicted molar refractivity (Wildman–Crippen MR) is 85.3 cm³/mol. The molecular weight excluding hydrogens is 260 g/mol. The van der Waals surface area contributed by atoms with Gasteiger partial charge >= 0.3 is 0 Å². The Hall–Kier alpha value is -1.57. The smallest absolute Gasteiger partial charge is 0.167 e. The van der Waals surface area contributed by atoms with Crippen LogP contribution in [0.5, 0.6) is 0 Å². The molecular formula is C19H24O2. The number of carbonyl (C=O) groups is 1. The number of aliphatic hydroxyl groups excluding tert-OH is 1. The van der Waals surface area contributed by atoms with Crippen LogP contribution in [0.2, 0.25) is 0 Å². The highest BCUT2D eigenvalue weighted by Gasteiger charge is 2.47. The van der Waals surface area contributed by atoms with Gasteiger partial charge in [-0.1, -0.05) is 37.0 Å². The van der Waals surface area contributed by atoms with Gasteiger partial charge in [0.15, 0.2) is 5.78 Å². The molecule has 0 atom stereocenters. The van der Waals surface area contributed by atoms with Crippen LogP contribution in [0.15, 0.2) is 17.9 Å². The van der Waals surface area contributed by atoms with Gasteiger partial charge in [0, 0.05) is 11.8 Å². The van der Waals surface area contributed by atoms with Crippen molar-refractivity contribution in [1.82, 2.24) is 0 Å². The highest BCUT2D eigenvalue weighted by molar-refractivity contribution is 6.24. The fourth-order valence-electron chi connectivity index (χ4n) is 4.35. The van der Waals surface area contributed by atoms with E-state index >= 15 is 0 Å². The summed E-state index contributed by atoms with van der Waals surface area (Å²) in [5.74, 6) is 0.506. The average molecular weight is 284 g/mol. The van der Waals surface area contributed by atoms with Crippen molar-refractivity contribution in [2.75, 3.05) is 0 Å². The Kier molecular flexibility index (Phi) is 3.43. The minimum Gasteiger partial charge on any atom is -0.511 e. The molecule has 112 valence electrons. The number of carbonyl (C=O) groups excluding carboxylic acids is 1. The predicted octanol–water partition coefficient (Wildman–Crippen LogP) is 4.80. The summed E-state index contributed by atoms with van der Waals surface area (Å²) in [6.07, 6.45) is 5.88. The zero-order valence-corrected chi connectivity index (χ0v) is 13.3. The van der Waals surface area contributed by atoms with Crippen LogP contribution >= 0.6 is 0 Å². The van der Waals surface area contributed by atoms with Gasteiger partial charge in [-0.05, 0) is 50.3 Å². The summed E-state index contributed by atoms with van der Waals surface area (Å²) in [5.41, 5.74) is 4.70. The molecule has 1 saturated carbocycles. The topological polar surface area (TPSA) is 37.3 Å². The summed E-state index contributed by atoms with van der Waals surface area (Å²) in [7, 11) is 0. The first kappa shape index (κ1) is 14.4. The summed E-state index contributed by atoms with van der Waals surface area (Å²) < 4.78 is 0. The summed E-state index contributed by atoms with van der Waals surface area (Å²) in [5, 5.41) is 10.9. The number of hydrogen-bond donors (Lipinski definition) is 1. The van der Waals surface area contributed by atoms with Crippen LogP contribution in [0.1, 0.15) is 60.8 Å². The SMILES string of the molecule is Cc1cc(C)c(C2=C(O)C3(CCCCC3)CC2=O)c(C)c1. The lowest BCUT2D eigenvalue weighted by molar-refractivity contribution is -0.114. The number of allylic oxidation sites excluding steroid dienone is 2. The Balaban J connectivity index is 2.15. The van der Waals surface area contributed by atoms with E-state index in [2.05, 4.69) is 19.1 Å². The van der Waals surface area contributed by atoms with Gasteiger partial charge in [0.05, 0.1) is 5.57 Å². The van der Waals surface area contributed by atoms with Crippen LogP contribution in [0.25, 0.3) is 5.57 Å². The Morgan fingerprint density at radius 1 is 1.00 bits per heavy atom. The number of benzene rings is 1. The van der Waals surface area contributed by atoms with Crippen LogP contribution in [-0.2, 0) is 4.79 Å². The molecule has 0 bridgehead atoms. The maximum Gasteiger partial charge on any atom is 0.167 e. The van der Waals surface area contributed by atoms with Crippen molar-refractivity contribution in [1.29, 1.82) is 0 Å². The Labute approximate surface area is 126 Å². The highest BCUT2D eigenvalue weighted by atomic mass is 16.3. The molecule has 0 heterocycles. The maximum absolute atomic E-state index is 12.6. The second kappa shape index (κ2) is 5.01. The Morgan fingerprint density at radius 3 is 2.14 bits per heavy atom. The standard InChI is InChI=1S/C19H24O2/c1-12-9-13(2)16(14(3)10-12)17-15(20)11-19(18(17)21)7-5-4-6-8-19/h9-10,21H,4-8,11H2,1-3H3. The fourth-order valence-corrected chi connectivity index (χ4v) is 4.35. The fraction of sp³-hybridized carbons (Fsp3) is 0.526. The van der Waals surface area contributed by atoms with E-state index in [0.717, 1.165) is 42.4 Å². The lowest BCUT2D eigenvalue weighted by atomic mass is 9.72. The molecule has 0 saturated heterocycles. The Morgan fingerprint density at radius 2 is 1.57 bits per heavy atom. The summed E-state index contributed by atoms with van der Waals surface area (Å²) in [6.45, 7) is 6.14. The zero-order chi connectivity index (χ0) is 15.2. The van der Waals surface area contributed by atoms with Crippen molar-refractivity contribution >= 4 is 11.4 Å². The van der Waals surface area contributed by atoms with Crippen LogP contribution in [-0.4, -0.2) is 10.9 Å². The lowest BCUT2D eigenvalue weighted by Crippen LogP contribution is -2.24. The van der Waals surface area contributed by atoms with Gasteiger partial charge in [-0.25, -0.2) is 0 Å². The average Bonchev–Trinajstić information content (AvgIpc) is 2.63. The molecule has 21 heavy (non-hydrogen) atoms. The number of ketones is 1. The molecule has 2 aliphatic rings. The molecule has 2 nitrogen and oxygen atoms in total. The van der Waals surface area contributed by atoms with E-state index in [9.17, 15) is 9.90 Å². The number of aliphatic hydroxyl groups is 1. The summed E-state index contributed by atoms with van der Waals surface area (Å²) in [6, 6.07) is 4.20. The van der Waals surface area contributed by atoms with E-state index in [1.807, 2.05) is 13.8 Å². The zero-order valence-electron chi connectivity index (χ0n) is 13.3. The van der Waals surface area contributed by atoms with Gasteiger partial charge in [0.25, 0.3) is 0 Å². The van der Waals surface area contributed by atoms with Crippen molar-refractivity contribution < 1.29 is 9.90 Å². The molecule has 1 aromatic rings. The molecule has 0 radical (unpaired) electrons. The third-order valence-electron chi connectivity index (χ3n) is 5.25. The van der Waals surface area contributed by atoms with Gasteiger partial charge in [-0.2, -0.15) is 0 Å². The molecule has 2 heteroatoms. The van der Waals surface area contributed by atoms with Crippen LogP contribution < -0.4 is 0 Å². The molecule has 0 aliphatic heterocycles. The number of Topliss-reactive ketones (excluding diaryl/α,β-unsaturated/α-hetero) is 1. The first-order valence-corrected chi connectivity index (χ1v) is 8.00. The molecule has 2 aliphatic carbocycles. The molecule has 1 spiro atoms. The molecule has 1 fully saturated rings. The highest BCUT2D eigenvalue weighted by Crippen LogP contribution is 2.52. The number of rotatable bonds is 1. The van der Waals surface area contributed by atoms with Crippen molar-refractivity contribution in [3.05, 3.63) is 40.1 Å². The van der Waals surface area contributed by atoms with Crippen molar-refractivity contribution in [3.8, 4) is 0 Å². The van der Waals surface area contributed by atoms with Crippen LogP contribution in [0.4, 0.5) is 0 Å². The van der Waals surface area contributed by atoms with Crippen molar-refractivity contribution in [2.24, 2.45) is 5.41 Å². The maximum atomic E-state index is 12.6. The lowest BCUT2D eigenvalue weighted by Gasteiger charge is -2.32. The summed E-state index contributed by atoms with van der Waals surface area (Å²) in [4.78, 5) is 12.6. The van der Waals surface area contributed by atoms with E-state index < -0.39 is 0 Å². The van der Waals surface area contributed by atoms with E-state index in [1.54, 1.807) is 0 Å². The molecule has 0 aromatic heterocycles. The van der Waals surface area contributed by atoms with E-state index in [1.165, 1.54) is 12.0 Å². The molecule has 0 amide bonds. The van der Waals surface area contributed by atoms with Gasteiger partial charge < -0.3 is 5.11 Å². The van der Waals surface area contributed by atoms with Crippen LogP contribution in [0.3, 0.4) is 0 Å². The second-order valence-corrected chi connectivity index (χ2v) is 6.94. The van der Waals surface area contributed by atoms with Gasteiger partial charge in [0.2, 0.25) is 0 Å². The quantitative estimate of drug-likeness (QED) is 0.804. The number of aryl methyl sites for hydroxylation is 3. The van der Waals surface area contributed by atoms with Crippen LogP contribution in [0, 0.1) is 26.2 Å². The minimum absolute atomic E-state index is 0.129. The van der Waals surface area contributed by atoms with Crippen molar-refractivity contribution in [2.45, 2.75) is 59.3 Å². The van der Waals surface area contributed by atoms with Gasteiger partial charge in [-0.3, -0.25) is 4.79 Å². The minimum atomic E-state index is -0.256.